The van der Waals surface area contributed by atoms with Gasteiger partial charge in [-0.1, -0.05) is 42.5 Å². The van der Waals surface area contributed by atoms with E-state index in [-0.39, 0.29) is 0 Å². The molecule has 2 aromatic rings. The number of benzene rings is 1. The summed E-state index contributed by atoms with van der Waals surface area (Å²) in [5, 5.41) is 17.4. The number of hydrogen-bond acceptors (Lipinski definition) is 5. The van der Waals surface area contributed by atoms with Crippen LogP contribution >= 0.6 is 11.3 Å². The monoisotopic (exact) mass is 274 g/mol. The van der Waals surface area contributed by atoms with Gasteiger partial charge in [0.15, 0.2) is 0 Å². The molecule has 0 saturated carbocycles. The second-order valence-corrected chi connectivity index (χ2v) is 5.78. The minimum Gasteiger partial charge on any atom is -0.353 e. The van der Waals surface area contributed by atoms with Gasteiger partial charge in [0.25, 0.3) is 0 Å². The van der Waals surface area contributed by atoms with Crippen molar-refractivity contribution >= 4 is 16.5 Å². The molecule has 0 radical (unpaired) electrons. The average Bonchev–Trinajstić information content (AvgIpc) is 2.80. The van der Waals surface area contributed by atoms with E-state index >= 15 is 0 Å². The maximum Gasteiger partial charge on any atom is 0.206 e. The zero-order chi connectivity index (χ0) is 13.1. The largest absolute Gasteiger partial charge is 0.353 e. The van der Waals surface area contributed by atoms with E-state index in [0.29, 0.717) is 6.04 Å². The molecule has 1 aliphatic heterocycles. The lowest BCUT2D eigenvalue weighted by Crippen LogP contribution is -2.15. The third-order valence-corrected chi connectivity index (χ3v) is 4.42. The lowest BCUT2D eigenvalue weighted by Gasteiger charge is -2.17. The molecule has 100 valence electrons. The first kappa shape index (κ1) is 12.6. The van der Waals surface area contributed by atoms with Gasteiger partial charge in [-0.15, -0.1) is 10.2 Å². The minimum absolute atomic E-state index is 0.323. The van der Waals surface area contributed by atoms with Crippen LogP contribution in [-0.2, 0) is 13.0 Å². The van der Waals surface area contributed by atoms with E-state index < -0.39 is 0 Å². The Morgan fingerprint density at radius 3 is 3.11 bits per heavy atom. The van der Waals surface area contributed by atoms with Crippen LogP contribution in [0.25, 0.3) is 0 Å². The van der Waals surface area contributed by atoms with E-state index in [0.717, 1.165) is 36.1 Å². The van der Waals surface area contributed by atoms with Gasteiger partial charge in [0.05, 0.1) is 6.04 Å². The topological polar surface area (TPSA) is 49.8 Å². The molecule has 0 bridgehead atoms. The molecule has 5 heteroatoms. The number of anilines is 1. The molecule has 0 saturated heterocycles. The number of nitrogens with one attached hydrogen (secondary N) is 2. The number of hydrogen-bond donors (Lipinski definition) is 2. The summed E-state index contributed by atoms with van der Waals surface area (Å²) in [6, 6.07) is 8.94. The third kappa shape index (κ3) is 2.77. The van der Waals surface area contributed by atoms with Gasteiger partial charge in [-0.2, -0.15) is 0 Å². The molecule has 3 rings (SSSR count). The molecule has 1 aliphatic rings. The number of rotatable bonds is 3. The third-order valence-electron chi connectivity index (χ3n) is 3.42. The van der Waals surface area contributed by atoms with Crippen molar-refractivity contribution in [3.8, 4) is 0 Å². The Labute approximate surface area is 117 Å². The van der Waals surface area contributed by atoms with Gasteiger partial charge in [-0.3, -0.25) is 0 Å². The van der Waals surface area contributed by atoms with E-state index in [1.54, 1.807) is 11.3 Å². The molecule has 0 fully saturated rings. The smallest absolute Gasteiger partial charge is 0.206 e. The maximum absolute atomic E-state index is 4.22. The van der Waals surface area contributed by atoms with Crippen molar-refractivity contribution in [2.45, 2.75) is 32.4 Å². The highest BCUT2D eigenvalue weighted by atomic mass is 32.1. The zero-order valence-corrected chi connectivity index (χ0v) is 11.8. The van der Waals surface area contributed by atoms with Crippen molar-refractivity contribution in [3.05, 3.63) is 40.4 Å². The lowest BCUT2D eigenvalue weighted by molar-refractivity contribution is 0.636. The normalized spacial score (nSPS) is 18.7. The molecule has 19 heavy (non-hydrogen) atoms. The van der Waals surface area contributed by atoms with Crippen LogP contribution < -0.4 is 10.6 Å². The highest BCUT2D eigenvalue weighted by Gasteiger charge is 2.19. The summed E-state index contributed by atoms with van der Waals surface area (Å²) in [4.78, 5) is 0. The number of fused-ring (bicyclic) bond motifs is 1. The van der Waals surface area contributed by atoms with Crippen LogP contribution in [0.2, 0.25) is 0 Å². The Balaban J connectivity index is 1.83. The fraction of sp³-hybridized carbons (Fsp3) is 0.429. The van der Waals surface area contributed by atoms with Crippen LogP contribution in [0.1, 0.15) is 35.5 Å². The Bertz CT molecular complexity index is 552. The summed E-state index contributed by atoms with van der Waals surface area (Å²) in [5.74, 6) is 0. The first-order valence-electron chi connectivity index (χ1n) is 6.74. The van der Waals surface area contributed by atoms with E-state index in [9.17, 15) is 0 Å². The second-order valence-electron chi connectivity index (χ2n) is 4.72. The first-order valence-corrected chi connectivity index (χ1v) is 7.56. The Morgan fingerprint density at radius 2 is 2.26 bits per heavy atom. The van der Waals surface area contributed by atoms with E-state index in [1.165, 1.54) is 11.1 Å². The van der Waals surface area contributed by atoms with Crippen molar-refractivity contribution < 1.29 is 0 Å². The molecular formula is C14H18N4S. The number of aromatic nitrogens is 2. The van der Waals surface area contributed by atoms with Gasteiger partial charge in [0.2, 0.25) is 5.13 Å². The molecule has 1 aromatic heterocycles. The molecule has 1 atom stereocenters. The Kier molecular flexibility index (Phi) is 3.75. The van der Waals surface area contributed by atoms with Crippen molar-refractivity contribution in [2.75, 3.05) is 11.9 Å². The van der Waals surface area contributed by atoms with E-state index in [4.69, 9.17) is 0 Å². The fourth-order valence-electron chi connectivity index (χ4n) is 2.41. The minimum atomic E-state index is 0.323. The summed E-state index contributed by atoms with van der Waals surface area (Å²) in [6.45, 7) is 4.08. The molecule has 1 unspecified atom stereocenters. The molecule has 0 amide bonds. The molecular weight excluding hydrogens is 256 g/mol. The SMILES string of the molecule is CCc1nnc(NC2CCNCc3ccccc32)s1. The van der Waals surface area contributed by atoms with Crippen LogP contribution in [0.15, 0.2) is 24.3 Å². The number of nitrogens with zero attached hydrogens (tertiary/aromatic N) is 2. The average molecular weight is 274 g/mol. The standard InChI is InChI=1S/C14H18N4S/c1-2-13-17-18-14(19-13)16-12-7-8-15-9-10-5-3-4-6-11(10)12/h3-6,12,15H,2,7-9H2,1H3,(H,16,18). The molecule has 0 spiro atoms. The molecule has 2 heterocycles. The van der Waals surface area contributed by atoms with E-state index in [1.807, 2.05) is 0 Å². The van der Waals surface area contributed by atoms with Gasteiger partial charge in [0.1, 0.15) is 5.01 Å². The molecule has 1 aromatic carbocycles. The van der Waals surface area contributed by atoms with Crippen molar-refractivity contribution in [1.82, 2.24) is 15.5 Å². The van der Waals surface area contributed by atoms with Crippen LogP contribution in [0.5, 0.6) is 0 Å². The molecule has 4 nitrogen and oxygen atoms in total. The van der Waals surface area contributed by atoms with Crippen LogP contribution in [-0.4, -0.2) is 16.7 Å². The quantitative estimate of drug-likeness (QED) is 0.903. The summed E-state index contributed by atoms with van der Waals surface area (Å²) < 4.78 is 0. The van der Waals surface area contributed by atoms with Gasteiger partial charge < -0.3 is 10.6 Å². The van der Waals surface area contributed by atoms with Gasteiger partial charge >= 0.3 is 0 Å². The van der Waals surface area contributed by atoms with Crippen LogP contribution in [0.3, 0.4) is 0 Å². The second kappa shape index (κ2) is 5.67. The van der Waals surface area contributed by atoms with E-state index in [2.05, 4.69) is 52.0 Å². The highest BCUT2D eigenvalue weighted by molar-refractivity contribution is 7.15. The lowest BCUT2D eigenvalue weighted by atomic mass is 10.00. The van der Waals surface area contributed by atoms with Gasteiger partial charge in [-0.25, -0.2) is 0 Å². The Hall–Kier alpha value is -1.46. The summed E-state index contributed by atoms with van der Waals surface area (Å²) in [7, 11) is 0. The van der Waals surface area contributed by atoms with Crippen molar-refractivity contribution in [1.29, 1.82) is 0 Å². The predicted octanol–water partition coefficient (Wildman–Crippen LogP) is 2.75. The first-order chi connectivity index (χ1) is 9.36. The van der Waals surface area contributed by atoms with Crippen LogP contribution in [0, 0.1) is 0 Å². The Morgan fingerprint density at radius 1 is 1.37 bits per heavy atom. The summed E-state index contributed by atoms with van der Waals surface area (Å²) in [5.41, 5.74) is 2.75. The van der Waals surface area contributed by atoms with Crippen molar-refractivity contribution in [2.24, 2.45) is 0 Å². The molecule has 0 aliphatic carbocycles. The fourth-order valence-corrected chi connectivity index (χ4v) is 3.15. The zero-order valence-electron chi connectivity index (χ0n) is 11.0. The van der Waals surface area contributed by atoms with Crippen LogP contribution in [0.4, 0.5) is 5.13 Å². The van der Waals surface area contributed by atoms with Gasteiger partial charge in [-0.05, 0) is 30.5 Å². The summed E-state index contributed by atoms with van der Waals surface area (Å²) in [6.07, 6.45) is 2.01. The summed E-state index contributed by atoms with van der Waals surface area (Å²) >= 11 is 1.65. The molecule has 2 N–H and O–H groups in total. The predicted molar refractivity (Wildman–Crippen MR) is 78.4 cm³/mol. The van der Waals surface area contributed by atoms with Crippen molar-refractivity contribution in [3.63, 3.8) is 0 Å². The van der Waals surface area contributed by atoms with Gasteiger partial charge in [0, 0.05) is 6.54 Å². The highest BCUT2D eigenvalue weighted by Crippen LogP contribution is 2.28. The maximum atomic E-state index is 4.22. The number of aryl methyl sites for hydroxylation is 1.